The highest BCUT2D eigenvalue weighted by molar-refractivity contribution is 6.01. The van der Waals surface area contributed by atoms with Crippen LogP contribution in [0.4, 0.5) is 16.3 Å². The molecule has 1 aromatic heterocycles. The van der Waals surface area contributed by atoms with Crippen LogP contribution in [0.25, 0.3) is 11.3 Å². The fraction of sp³-hybridized carbons (Fsp3) is 0.424. The van der Waals surface area contributed by atoms with Crippen LogP contribution in [-0.2, 0) is 11.2 Å². The Morgan fingerprint density at radius 1 is 1.07 bits per heavy atom. The molecule has 2 fully saturated rings. The molecule has 228 valence electrons. The van der Waals surface area contributed by atoms with E-state index < -0.39 is 6.09 Å². The lowest BCUT2D eigenvalue weighted by atomic mass is 9.89. The number of aryl methyl sites for hydroxylation is 1. The predicted molar refractivity (Wildman–Crippen MR) is 172 cm³/mol. The van der Waals surface area contributed by atoms with Gasteiger partial charge in [0.05, 0.1) is 19.9 Å². The van der Waals surface area contributed by atoms with Crippen LogP contribution in [0.15, 0.2) is 70.6 Å². The van der Waals surface area contributed by atoms with Gasteiger partial charge >= 0.3 is 6.09 Å². The molecule has 3 aromatic rings. The van der Waals surface area contributed by atoms with E-state index >= 15 is 0 Å². The Balaban J connectivity index is 0.000000628. The number of carbonyl (C=O) groups is 1. The van der Waals surface area contributed by atoms with Crippen molar-refractivity contribution >= 4 is 30.2 Å². The van der Waals surface area contributed by atoms with Gasteiger partial charge in [-0.3, -0.25) is 4.90 Å². The molecule has 2 aromatic carbocycles. The Bertz CT molecular complexity index is 1310. The fourth-order valence-corrected chi connectivity index (χ4v) is 5.52. The smallest absolute Gasteiger partial charge is 0.433 e. The minimum atomic E-state index is -1.40. The molecule has 1 saturated heterocycles. The van der Waals surface area contributed by atoms with Crippen molar-refractivity contribution in [1.29, 1.82) is 0 Å². The van der Waals surface area contributed by atoms with Crippen molar-refractivity contribution < 1.29 is 14.6 Å². The summed E-state index contributed by atoms with van der Waals surface area (Å²) in [7, 11) is 0. The standard InChI is InChI=1S/C27H37N7O3.C6H6/c1-3-19-10-7-11-21(16-19)22-23(25(29-2)32-26(30-22)24(28)31-27(35)36)34(17-20-8-5-4-6-9-20)18-33-12-14-37-15-13-33;1-2-4-6-5-3-1/h7,10-11,16,20H,2-6,8-9,12-15,17-18H2,1H3,(H2,28,31)(H,35,36);1-6H. The van der Waals surface area contributed by atoms with E-state index in [2.05, 4.69) is 50.5 Å². The molecule has 1 aliphatic heterocycles. The Morgan fingerprint density at radius 3 is 2.35 bits per heavy atom. The zero-order valence-corrected chi connectivity index (χ0v) is 25.1. The highest BCUT2D eigenvalue weighted by Crippen LogP contribution is 2.38. The largest absolute Gasteiger partial charge is 0.463 e. The second kappa shape index (κ2) is 16.5. The lowest BCUT2D eigenvalue weighted by molar-refractivity contribution is 0.0375. The maximum atomic E-state index is 11.2. The van der Waals surface area contributed by atoms with Crippen molar-refractivity contribution in [1.82, 2.24) is 14.9 Å². The molecule has 10 nitrogen and oxygen atoms in total. The fourth-order valence-electron chi connectivity index (χ4n) is 5.52. The summed E-state index contributed by atoms with van der Waals surface area (Å²) in [5, 5.41) is 9.15. The number of hydrogen-bond acceptors (Lipinski definition) is 7. The summed E-state index contributed by atoms with van der Waals surface area (Å²) in [6.45, 7) is 10.5. The number of anilines is 1. The molecule has 3 N–H and O–H groups in total. The average Bonchev–Trinajstić information content (AvgIpc) is 3.05. The molecule has 5 rings (SSSR count). The molecule has 1 amide bonds. The normalized spacial score (nSPS) is 16.2. The quantitative estimate of drug-likeness (QED) is 0.239. The van der Waals surface area contributed by atoms with E-state index in [1.54, 1.807) is 0 Å². The van der Waals surface area contributed by atoms with Gasteiger partial charge in [-0.1, -0.05) is 80.8 Å². The number of aromatic nitrogens is 2. The molecule has 0 atom stereocenters. The monoisotopic (exact) mass is 585 g/mol. The van der Waals surface area contributed by atoms with Crippen LogP contribution in [-0.4, -0.2) is 78.1 Å². The van der Waals surface area contributed by atoms with Gasteiger partial charge in [-0.2, -0.15) is 4.99 Å². The Labute approximate surface area is 254 Å². The Hall–Kier alpha value is -4.15. The summed E-state index contributed by atoms with van der Waals surface area (Å²) < 4.78 is 5.59. The van der Waals surface area contributed by atoms with E-state index in [1.807, 2.05) is 48.5 Å². The van der Waals surface area contributed by atoms with E-state index in [9.17, 15) is 4.79 Å². The van der Waals surface area contributed by atoms with E-state index in [1.165, 1.54) is 32.1 Å². The summed E-state index contributed by atoms with van der Waals surface area (Å²) >= 11 is 0. The van der Waals surface area contributed by atoms with E-state index in [4.69, 9.17) is 20.6 Å². The lowest BCUT2D eigenvalue weighted by Crippen LogP contribution is -2.46. The van der Waals surface area contributed by atoms with Gasteiger partial charge in [-0.15, -0.1) is 0 Å². The molecule has 1 aliphatic carbocycles. The molecule has 0 radical (unpaired) electrons. The number of amidine groups is 1. The highest BCUT2D eigenvalue weighted by Gasteiger charge is 2.27. The maximum Gasteiger partial charge on any atom is 0.433 e. The molecule has 2 aliphatic rings. The molecule has 2 heterocycles. The summed E-state index contributed by atoms with van der Waals surface area (Å²) in [4.78, 5) is 33.0. The van der Waals surface area contributed by atoms with Crippen molar-refractivity contribution in [3.63, 3.8) is 0 Å². The van der Waals surface area contributed by atoms with Gasteiger partial charge in [0.15, 0.2) is 17.5 Å². The van der Waals surface area contributed by atoms with E-state index in [0.717, 1.165) is 42.9 Å². The van der Waals surface area contributed by atoms with Crippen LogP contribution in [0.1, 0.15) is 50.4 Å². The van der Waals surface area contributed by atoms with Crippen LogP contribution in [0.3, 0.4) is 0 Å². The summed E-state index contributed by atoms with van der Waals surface area (Å²) in [6.07, 6.45) is 5.61. The third kappa shape index (κ3) is 9.42. The second-order valence-electron chi connectivity index (χ2n) is 10.8. The van der Waals surface area contributed by atoms with Crippen LogP contribution in [0.5, 0.6) is 0 Å². The molecule has 0 spiro atoms. The van der Waals surface area contributed by atoms with Crippen molar-refractivity contribution in [2.45, 2.75) is 45.4 Å². The summed E-state index contributed by atoms with van der Waals surface area (Å²) in [5.74, 6) is 0.674. The van der Waals surface area contributed by atoms with E-state index in [0.29, 0.717) is 37.3 Å². The number of benzene rings is 2. The Morgan fingerprint density at radius 2 is 1.74 bits per heavy atom. The first-order valence-corrected chi connectivity index (χ1v) is 15.1. The van der Waals surface area contributed by atoms with Gasteiger partial charge in [0.2, 0.25) is 0 Å². The lowest BCUT2D eigenvalue weighted by Gasteiger charge is -2.37. The molecule has 0 unspecified atom stereocenters. The zero-order valence-electron chi connectivity index (χ0n) is 25.1. The topological polar surface area (TPSA) is 130 Å². The average molecular weight is 586 g/mol. The summed E-state index contributed by atoms with van der Waals surface area (Å²) in [5.41, 5.74) is 9.48. The number of morpholine rings is 1. The third-order valence-electron chi connectivity index (χ3n) is 7.73. The van der Waals surface area contributed by atoms with Crippen LogP contribution < -0.4 is 10.6 Å². The van der Waals surface area contributed by atoms with Gasteiger partial charge in [0.1, 0.15) is 11.4 Å². The number of nitrogens with two attached hydrogens (primary N) is 1. The molecular weight excluding hydrogens is 542 g/mol. The highest BCUT2D eigenvalue weighted by atomic mass is 16.5. The van der Waals surface area contributed by atoms with Crippen LogP contribution in [0, 0.1) is 5.92 Å². The van der Waals surface area contributed by atoms with Gasteiger partial charge < -0.3 is 20.5 Å². The predicted octanol–water partition coefficient (Wildman–Crippen LogP) is 5.78. The molecule has 0 bridgehead atoms. The Kier molecular flexibility index (Phi) is 12.2. The first kappa shape index (κ1) is 31.8. The molecule has 43 heavy (non-hydrogen) atoms. The van der Waals surface area contributed by atoms with E-state index in [-0.39, 0.29) is 11.7 Å². The zero-order chi connectivity index (χ0) is 30.4. The number of rotatable bonds is 9. The summed E-state index contributed by atoms with van der Waals surface area (Å²) in [6, 6.07) is 20.2. The van der Waals surface area contributed by atoms with Gasteiger partial charge in [-0.05, 0) is 43.5 Å². The van der Waals surface area contributed by atoms with Crippen molar-refractivity contribution in [2.24, 2.45) is 21.6 Å². The van der Waals surface area contributed by atoms with Crippen LogP contribution in [0.2, 0.25) is 0 Å². The van der Waals surface area contributed by atoms with Gasteiger partial charge in [0.25, 0.3) is 0 Å². The molecule has 1 saturated carbocycles. The number of carboxylic acid groups (broad SMARTS) is 1. The van der Waals surface area contributed by atoms with Crippen molar-refractivity contribution in [2.75, 3.05) is 44.4 Å². The van der Waals surface area contributed by atoms with Crippen LogP contribution >= 0.6 is 0 Å². The van der Waals surface area contributed by atoms with Gasteiger partial charge in [-0.25, -0.2) is 19.8 Å². The molecular formula is C33H43N7O3. The molecule has 10 heteroatoms. The van der Waals surface area contributed by atoms with Crippen molar-refractivity contribution in [3.8, 4) is 11.3 Å². The minimum Gasteiger partial charge on any atom is -0.463 e. The minimum absolute atomic E-state index is 0.0226. The van der Waals surface area contributed by atoms with Crippen molar-refractivity contribution in [3.05, 3.63) is 72.1 Å². The number of ether oxygens (including phenoxy) is 1. The first-order chi connectivity index (χ1) is 21.0. The number of aliphatic imine (C=N–C) groups is 2. The first-order valence-electron chi connectivity index (χ1n) is 15.1. The SMILES string of the molecule is C=Nc1nc(/C(N)=N/C(=O)O)nc(-c2cccc(CC)c2)c1N(CC1CCCCC1)CN1CCOCC1.c1ccccc1. The van der Waals surface area contributed by atoms with Gasteiger partial charge in [0, 0.05) is 25.2 Å². The second-order valence-corrected chi connectivity index (χ2v) is 10.8. The number of amides is 1. The third-order valence-corrected chi connectivity index (χ3v) is 7.73. The number of hydrogen-bond donors (Lipinski definition) is 2. The maximum absolute atomic E-state index is 11.2. The number of nitrogens with zero attached hydrogens (tertiary/aromatic N) is 6.